The molecule has 0 unspecified atom stereocenters. The molecule has 3 aromatic rings. The van der Waals surface area contributed by atoms with Crippen molar-refractivity contribution in [1.82, 2.24) is 14.8 Å². The molecule has 0 aliphatic carbocycles. The lowest BCUT2D eigenvalue weighted by molar-refractivity contribution is -0.113. The van der Waals surface area contributed by atoms with Crippen molar-refractivity contribution >= 4 is 29.3 Å². The predicted octanol–water partition coefficient (Wildman–Crippen LogP) is 4.90. The molecule has 0 atom stereocenters. The first-order valence-electron chi connectivity index (χ1n) is 10.8. The normalized spacial score (nSPS) is 10.8. The molecule has 0 saturated carbocycles. The zero-order chi connectivity index (χ0) is 24.7. The molecule has 1 heterocycles. The maximum Gasteiger partial charge on any atom is 0.335 e. The Balaban J connectivity index is 1.64. The quantitative estimate of drug-likeness (QED) is 0.297. The number of hydrogen-bond donors (Lipinski definition) is 2. The molecule has 0 spiro atoms. The first-order valence-corrected chi connectivity index (χ1v) is 11.8. The lowest BCUT2D eigenvalue weighted by Crippen LogP contribution is -2.15. The number of benzene rings is 2. The van der Waals surface area contributed by atoms with Crippen molar-refractivity contribution in [3.05, 3.63) is 77.6 Å². The molecular formula is C25H28N4O4S. The van der Waals surface area contributed by atoms with Crippen LogP contribution >= 0.6 is 11.8 Å². The highest BCUT2D eigenvalue weighted by Gasteiger charge is 2.16. The molecule has 2 aromatic carbocycles. The molecule has 0 aliphatic rings. The number of thioether (sulfide) groups is 1. The Morgan fingerprint density at radius 2 is 1.94 bits per heavy atom. The summed E-state index contributed by atoms with van der Waals surface area (Å²) < 4.78 is 7.98. The van der Waals surface area contributed by atoms with Crippen LogP contribution in [-0.4, -0.2) is 37.5 Å². The maximum atomic E-state index is 12.4. The molecule has 9 heteroatoms. The van der Waals surface area contributed by atoms with Gasteiger partial charge in [-0.1, -0.05) is 43.8 Å². The molecule has 0 fully saturated rings. The number of carbonyl (C=O) groups excluding carboxylic acids is 1. The number of ether oxygens (including phenoxy) is 1. The third kappa shape index (κ3) is 6.48. The van der Waals surface area contributed by atoms with E-state index in [2.05, 4.69) is 48.1 Å². The Kier molecular flexibility index (Phi) is 8.48. The van der Waals surface area contributed by atoms with Gasteiger partial charge >= 0.3 is 5.97 Å². The fourth-order valence-electron chi connectivity index (χ4n) is 3.25. The average molecular weight is 481 g/mol. The van der Waals surface area contributed by atoms with Crippen LogP contribution in [-0.2, 0) is 17.9 Å². The van der Waals surface area contributed by atoms with E-state index in [0.29, 0.717) is 29.1 Å². The molecular weight excluding hydrogens is 452 g/mol. The molecule has 34 heavy (non-hydrogen) atoms. The molecule has 0 radical (unpaired) electrons. The number of rotatable bonds is 11. The summed E-state index contributed by atoms with van der Waals surface area (Å²) in [5, 5.41) is 20.8. The van der Waals surface area contributed by atoms with Gasteiger partial charge in [0.15, 0.2) is 11.0 Å². The zero-order valence-corrected chi connectivity index (χ0v) is 20.3. The number of aromatic nitrogens is 3. The fourth-order valence-corrected chi connectivity index (χ4v) is 4.02. The second-order valence-electron chi connectivity index (χ2n) is 8.00. The van der Waals surface area contributed by atoms with E-state index in [4.69, 9.17) is 9.84 Å². The Hall–Kier alpha value is -3.59. The number of carbonyl (C=O) groups is 2. The number of aryl methyl sites for hydroxylation is 1. The Morgan fingerprint density at radius 3 is 2.59 bits per heavy atom. The SMILES string of the molecule is C=CCn1c(COc2cc(C)ccc2C(C)C)nnc1SCC(=O)Nc1ccc(C(=O)O)cc1. The van der Waals surface area contributed by atoms with Crippen LogP contribution in [0.3, 0.4) is 0 Å². The number of carboxylic acid groups (broad SMARTS) is 1. The number of hydrogen-bond acceptors (Lipinski definition) is 6. The molecule has 8 nitrogen and oxygen atoms in total. The van der Waals surface area contributed by atoms with Gasteiger partial charge < -0.3 is 15.2 Å². The van der Waals surface area contributed by atoms with Crippen LogP contribution in [0.25, 0.3) is 0 Å². The lowest BCUT2D eigenvalue weighted by atomic mass is 10.0. The molecule has 0 bridgehead atoms. The van der Waals surface area contributed by atoms with Crippen molar-refractivity contribution in [2.75, 3.05) is 11.1 Å². The summed E-state index contributed by atoms with van der Waals surface area (Å²) in [6, 6.07) is 12.2. The number of nitrogens with zero attached hydrogens (tertiary/aromatic N) is 3. The van der Waals surface area contributed by atoms with Gasteiger partial charge in [-0.15, -0.1) is 16.8 Å². The Labute approximate surface area is 203 Å². The highest BCUT2D eigenvalue weighted by Crippen LogP contribution is 2.28. The standard InChI is InChI=1S/C25H28N4O4S/c1-5-12-29-22(14-33-21-13-17(4)6-11-20(21)16(2)3)27-28-25(29)34-15-23(30)26-19-9-7-18(8-10-19)24(31)32/h5-11,13,16H,1,12,14-15H2,2-4H3,(H,26,30)(H,31,32). The van der Waals surface area contributed by atoms with Gasteiger partial charge in [0.2, 0.25) is 5.91 Å². The van der Waals surface area contributed by atoms with Crippen molar-refractivity contribution in [1.29, 1.82) is 0 Å². The van der Waals surface area contributed by atoms with Crippen LogP contribution < -0.4 is 10.1 Å². The predicted molar refractivity (Wildman–Crippen MR) is 133 cm³/mol. The van der Waals surface area contributed by atoms with E-state index < -0.39 is 5.97 Å². The van der Waals surface area contributed by atoms with Crippen LogP contribution in [0.15, 0.2) is 60.3 Å². The number of aromatic carboxylic acids is 1. The van der Waals surface area contributed by atoms with E-state index in [1.54, 1.807) is 18.2 Å². The molecule has 3 rings (SSSR count). The summed E-state index contributed by atoms with van der Waals surface area (Å²) in [4.78, 5) is 23.3. The van der Waals surface area contributed by atoms with Crippen LogP contribution in [0.2, 0.25) is 0 Å². The first-order chi connectivity index (χ1) is 16.3. The van der Waals surface area contributed by atoms with E-state index in [1.165, 1.54) is 23.9 Å². The van der Waals surface area contributed by atoms with Crippen molar-refractivity contribution in [3.63, 3.8) is 0 Å². The Morgan fingerprint density at radius 1 is 1.21 bits per heavy atom. The summed E-state index contributed by atoms with van der Waals surface area (Å²) in [7, 11) is 0. The number of nitrogens with one attached hydrogen (secondary N) is 1. The van der Waals surface area contributed by atoms with Gasteiger partial charge in [0, 0.05) is 12.2 Å². The number of carboxylic acids is 1. The monoisotopic (exact) mass is 480 g/mol. The molecule has 1 aromatic heterocycles. The number of allylic oxidation sites excluding steroid dienone is 1. The molecule has 0 aliphatic heterocycles. The van der Waals surface area contributed by atoms with Crippen molar-refractivity contribution in [2.45, 2.75) is 45.0 Å². The number of anilines is 1. The highest BCUT2D eigenvalue weighted by molar-refractivity contribution is 7.99. The molecule has 2 N–H and O–H groups in total. The molecule has 178 valence electrons. The van der Waals surface area contributed by atoms with Crippen molar-refractivity contribution in [3.8, 4) is 5.75 Å². The van der Waals surface area contributed by atoms with Gasteiger partial charge in [0.25, 0.3) is 0 Å². The van der Waals surface area contributed by atoms with Gasteiger partial charge in [0.05, 0.1) is 11.3 Å². The third-order valence-corrected chi connectivity index (χ3v) is 5.97. The largest absolute Gasteiger partial charge is 0.485 e. The second kappa shape index (κ2) is 11.5. The number of amides is 1. The van der Waals surface area contributed by atoms with E-state index >= 15 is 0 Å². The summed E-state index contributed by atoms with van der Waals surface area (Å²) in [5.41, 5.74) is 2.93. The summed E-state index contributed by atoms with van der Waals surface area (Å²) in [6.45, 7) is 10.8. The highest BCUT2D eigenvalue weighted by atomic mass is 32.2. The topological polar surface area (TPSA) is 106 Å². The summed E-state index contributed by atoms with van der Waals surface area (Å²) >= 11 is 1.26. The van der Waals surface area contributed by atoms with Gasteiger partial charge in [-0.2, -0.15) is 0 Å². The van der Waals surface area contributed by atoms with Gasteiger partial charge in [-0.25, -0.2) is 4.79 Å². The van der Waals surface area contributed by atoms with Crippen molar-refractivity contribution in [2.24, 2.45) is 0 Å². The minimum atomic E-state index is -1.02. The van der Waals surface area contributed by atoms with Gasteiger partial charge in [0.1, 0.15) is 12.4 Å². The van der Waals surface area contributed by atoms with E-state index in [9.17, 15) is 9.59 Å². The summed E-state index contributed by atoms with van der Waals surface area (Å²) in [6.07, 6.45) is 1.74. The van der Waals surface area contributed by atoms with Crippen LogP contribution in [0.5, 0.6) is 5.75 Å². The Bertz CT molecular complexity index is 1170. The minimum Gasteiger partial charge on any atom is -0.485 e. The van der Waals surface area contributed by atoms with E-state index in [0.717, 1.165) is 16.9 Å². The molecule has 1 amide bonds. The van der Waals surface area contributed by atoms with Crippen LogP contribution in [0, 0.1) is 6.92 Å². The van der Waals surface area contributed by atoms with Gasteiger partial charge in [-0.05, 0) is 54.3 Å². The van der Waals surface area contributed by atoms with E-state index in [1.807, 2.05) is 17.6 Å². The maximum absolute atomic E-state index is 12.4. The van der Waals surface area contributed by atoms with Crippen LogP contribution in [0.1, 0.15) is 47.1 Å². The third-order valence-electron chi connectivity index (χ3n) is 5.00. The minimum absolute atomic E-state index is 0.117. The summed E-state index contributed by atoms with van der Waals surface area (Å²) in [5.74, 6) is 0.658. The van der Waals surface area contributed by atoms with Gasteiger partial charge in [-0.3, -0.25) is 9.36 Å². The first kappa shape index (κ1) is 25.0. The van der Waals surface area contributed by atoms with Crippen LogP contribution in [0.4, 0.5) is 5.69 Å². The molecule has 0 saturated heterocycles. The fraction of sp³-hybridized carbons (Fsp3) is 0.280. The smallest absolute Gasteiger partial charge is 0.335 e. The average Bonchev–Trinajstić information content (AvgIpc) is 3.18. The van der Waals surface area contributed by atoms with E-state index in [-0.39, 0.29) is 23.8 Å². The van der Waals surface area contributed by atoms with Crippen molar-refractivity contribution < 1.29 is 19.4 Å². The second-order valence-corrected chi connectivity index (χ2v) is 8.94. The lowest BCUT2D eigenvalue weighted by Gasteiger charge is -2.15. The zero-order valence-electron chi connectivity index (χ0n) is 19.4.